The third kappa shape index (κ3) is 4.02. The van der Waals surface area contributed by atoms with Crippen molar-refractivity contribution in [1.82, 2.24) is 4.72 Å². The maximum absolute atomic E-state index is 12.3. The maximum atomic E-state index is 12.3. The fourth-order valence-corrected chi connectivity index (χ4v) is 3.93. The summed E-state index contributed by atoms with van der Waals surface area (Å²) in [7, 11) is -2.29. The van der Waals surface area contributed by atoms with Crippen LogP contribution in [0.2, 0.25) is 5.02 Å². The van der Waals surface area contributed by atoms with E-state index in [1.807, 2.05) is 24.3 Å². The van der Waals surface area contributed by atoms with Crippen molar-refractivity contribution >= 4 is 32.6 Å². The SMILES string of the molecule is COc1ccc(S(=O)(=O)NCC[C@H](O)c2cc3ccccc3o2)cc1Cl. The van der Waals surface area contributed by atoms with Gasteiger partial charge in [0.2, 0.25) is 10.0 Å². The van der Waals surface area contributed by atoms with Gasteiger partial charge in [0.15, 0.2) is 0 Å². The van der Waals surface area contributed by atoms with Crippen LogP contribution in [0.3, 0.4) is 0 Å². The van der Waals surface area contributed by atoms with Gasteiger partial charge in [0, 0.05) is 11.9 Å². The van der Waals surface area contributed by atoms with Gasteiger partial charge < -0.3 is 14.3 Å². The molecular formula is C18H18ClNO5S. The molecule has 1 aromatic heterocycles. The number of methoxy groups -OCH3 is 1. The van der Waals surface area contributed by atoms with E-state index in [9.17, 15) is 13.5 Å². The Labute approximate surface area is 156 Å². The third-order valence-electron chi connectivity index (χ3n) is 3.92. The van der Waals surface area contributed by atoms with E-state index in [0.29, 0.717) is 17.1 Å². The quantitative estimate of drug-likeness (QED) is 0.639. The summed E-state index contributed by atoms with van der Waals surface area (Å²) in [6, 6.07) is 13.4. The molecule has 3 aromatic rings. The van der Waals surface area contributed by atoms with Gasteiger partial charge >= 0.3 is 0 Å². The zero-order chi connectivity index (χ0) is 18.7. The highest BCUT2D eigenvalue weighted by Gasteiger charge is 2.18. The number of nitrogens with one attached hydrogen (secondary N) is 1. The minimum Gasteiger partial charge on any atom is -0.495 e. The summed E-state index contributed by atoms with van der Waals surface area (Å²) in [5.41, 5.74) is 0.676. The first-order valence-electron chi connectivity index (χ1n) is 7.90. The minimum absolute atomic E-state index is 0.0292. The van der Waals surface area contributed by atoms with Gasteiger partial charge in [0.1, 0.15) is 23.2 Å². The smallest absolute Gasteiger partial charge is 0.240 e. The Morgan fingerprint density at radius 2 is 2.00 bits per heavy atom. The van der Waals surface area contributed by atoms with Crippen LogP contribution in [-0.2, 0) is 10.0 Å². The van der Waals surface area contributed by atoms with Crippen LogP contribution in [0.1, 0.15) is 18.3 Å². The van der Waals surface area contributed by atoms with E-state index < -0.39 is 16.1 Å². The lowest BCUT2D eigenvalue weighted by Crippen LogP contribution is -2.26. The van der Waals surface area contributed by atoms with Gasteiger partial charge in [-0.15, -0.1) is 0 Å². The average Bonchev–Trinajstić information content (AvgIpc) is 3.05. The number of benzene rings is 2. The lowest BCUT2D eigenvalue weighted by Gasteiger charge is -2.11. The summed E-state index contributed by atoms with van der Waals surface area (Å²) in [6.45, 7) is 0.0458. The maximum Gasteiger partial charge on any atom is 0.240 e. The second kappa shape index (κ2) is 7.67. The van der Waals surface area contributed by atoms with E-state index in [2.05, 4.69) is 4.72 Å². The Bertz CT molecular complexity index is 982. The first-order chi connectivity index (χ1) is 12.4. The van der Waals surface area contributed by atoms with Gasteiger partial charge in [-0.25, -0.2) is 13.1 Å². The number of hydrogen-bond donors (Lipinski definition) is 2. The van der Waals surface area contributed by atoms with Crippen molar-refractivity contribution < 1.29 is 22.7 Å². The highest BCUT2D eigenvalue weighted by molar-refractivity contribution is 7.89. The predicted molar refractivity (Wildman–Crippen MR) is 99.0 cm³/mol. The molecule has 6 nitrogen and oxygen atoms in total. The number of sulfonamides is 1. The second-order valence-corrected chi connectivity index (χ2v) is 7.86. The van der Waals surface area contributed by atoms with Crippen LogP contribution < -0.4 is 9.46 Å². The van der Waals surface area contributed by atoms with Crippen molar-refractivity contribution in [2.24, 2.45) is 0 Å². The van der Waals surface area contributed by atoms with E-state index in [1.54, 1.807) is 6.07 Å². The molecule has 0 aliphatic heterocycles. The Kier molecular flexibility index (Phi) is 5.52. The molecule has 1 atom stereocenters. The number of rotatable bonds is 7. The van der Waals surface area contributed by atoms with Gasteiger partial charge in [0.05, 0.1) is 17.0 Å². The minimum atomic E-state index is -3.74. The Hall–Kier alpha value is -2.06. The van der Waals surface area contributed by atoms with Crippen LogP contribution in [0.15, 0.2) is 57.8 Å². The molecule has 0 spiro atoms. The summed E-state index contributed by atoms with van der Waals surface area (Å²) in [6.07, 6.45) is -0.743. The number of aliphatic hydroxyl groups is 1. The molecule has 26 heavy (non-hydrogen) atoms. The number of furan rings is 1. The normalized spacial score (nSPS) is 13.0. The molecule has 0 saturated carbocycles. The molecule has 0 amide bonds. The van der Waals surface area contributed by atoms with Crippen molar-refractivity contribution in [3.05, 3.63) is 59.3 Å². The second-order valence-electron chi connectivity index (χ2n) is 5.69. The molecule has 8 heteroatoms. The number of aliphatic hydroxyl groups excluding tert-OH is 1. The van der Waals surface area contributed by atoms with Crippen LogP contribution in [0, 0.1) is 0 Å². The monoisotopic (exact) mass is 395 g/mol. The molecule has 0 saturated heterocycles. The van der Waals surface area contributed by atoms with Gasteiger partial charge in [-0.1, -0.05) is 29.8 Å². The van der Waals surface area contributed by atoms with Crippen LogP contribution in [-0.4, -0.2) is 27.2 Å². The first-order valence-corrected chi connectivity index (χ1v) is 9.76. The molecule has 3 rings (SSSR count). The van der Waals surface area contributed by atoms with Gasteiger partial charge in [-0.05, 0) is 36.8 Å². The zero-order valence-corrected chi connectivity index (χ0v) is 15.5. The van der Waals surface area contributed by atoms with Crippen LogP contribution >= 0.6 is 11.6 Å². The summed E-state index contributed by atoms with van der Waals surface area (Å²) in [5, 5.41) is 11.3. The first kappa shape index (κ1) is 18.7. The number of para-hydroxylation sites is 1. The van der Waals surface area contributed by atoms with Gasteiger partial charge in [0.25, 0.3) is 0 Å². The molecule has 0 fully saturated rings. The summed E-state index contributed by atoms with van der Waals surface area (Å²) < 4.78 is 37.7. The predicted octanol–water partition coefficient (Wildman–Crippen LogP) is 3.50. The van der Waals surface area contributed by atoms with Crippen LogP contribution in [0.4, 0.5) is 0 Å². The van der Waals surface area contributed by atoms with Crippen molar-refractivity contribution in [2.45, 2.75) is 17.4 Å². The Morgan fingerprint density at radius 1 is 1.23 bits per heavy atom. The van der Waals surface area contributed by atoms with E-state index in [-0.39, 0.29) is 22.9 Å². The van der Waals surface area contributed by atoms with E-state index >= 15 is 0 Å². The fraction of sp³-hybridized carbons (Fsp3) is 0.222. The molecule has 0 aliphatic rings. The third-order valence-corrected chi connectivity index (χ3v) is 5.67. The van der Waals surface area contributed by atoms with Crippen LogP contribution in [0.5, 0.6) is 5.75 Å². The molecule has 2 aromatic carbocycles. The number of fused-ring (bicyclic) bond motifs is 1. The highest BCUT2D eigenvalue weighted by atomic mass is 35.5. The van der Waals surface area contributed by atoms with E-state index in [1.165, 1.54) is 25.3 Å². The molecule has 0 aliphatic carbocycles. The summed E-state index contributed by atoms with van der Waals surface area (Å²) in [5.74, 6) is 0.795. The van der Waals surface area contributed by atoms with E-state index in [0.717, 1.165) is 5.39 Å². The van der Waals surface area contributed by atoms with Crippen molar-refractivity contribution in [2.75, 3.05) is 13.7 Å². The van der Waals surface area contributed by atoms with Gasteiger partial charge in [-0.2, -0.15) is 0 Å². The highest BCUT2D eigenvalue weighted by Crippen LogP contribution is 2.27. The standard InChI is InChI=1S/C18H18ClNO5S/c1-24-17-7-6-13(11-14(17)19)26(22,23)20-9-8-15(21)18-10-12-4-2-3-5-16(12)25-18/h2-7,10-11,15,20-21H,8-9H2,1H3/t15-/m0/s1. The molecule has 1 heterocycles. The lowest BCUT2D eigenvalue weighted by molar-refractivity contribution is 0.144. The number of hydrogen-bond acceptors (Lipinski definition) is 5. The molecule has 0 radical (unpaired) electrons. The number of ether oxygens (including phenoxy) is 1. The lowest BCUT2D eigenvalue weighted by atomic mass is 10.2. The van der Waals surface area contributed by atoms with Crippen molar-refractivity contribution in [3.63, 3.8) is 0 Å². The van der Waals surface area contributed by atoms with Gasteiger partial charge in [-0.3, -0.25) is 0 Å². The summed E-state index contributed by atoms with van der Waals surface area (Å²) in [4.78, 5) is 0.0292. The Balaban J connectivity index is 1.63. The average molecular weight is 396 g/mol. The largest absolute Gasteiger partial charge is 0.495 e. The molecule has 2 N–H and O–H groups in total. The molecule has 0 unspecified atom stereocenters. The van der Waals surface area contributed by atoms with Crippen LogP contribution in [0.25, 0.3) is 11.0 Å². The molecular weight excluding hydrogens is 378 g/mol. The van der Waals surface area contributed by atoms with E-state index in [4.69, 9.17) is 20.8 Å². The van der Waals surface area contributed by atoms with Crippen molar-refractivity contribution in [1.29, 1.82) is 0 Å². The molecule has 138 valence electrons. The zero-order valence-electron chi connectivity index (χ0n) is 14.0. The van der Waals surface area contributed by atoms with Crippen molar-refractivity contribution in [3.8, 4) is 5.75 Å². The molecule has 0 bridgehead atoms. The number of halogens is 1. The summed E-state index contributed by atoms with van der Waals surface area (Å²) >= 11 is 5.97. The fourth-order valence-electron chi connectivity index (χ4n) is 2.54. The Morgan fingerprint density at radius 3 is 2.69 bits per heavy atom. The topological polar surface area (TPSA) is 88.8 Å².